The van der Waals surface area contributed by atoms with Crippen LogP contribution in [0.4, 0.5) is 0 Å². The maximum absolute atomic E-state index is 12.8. The maximum atomic E-state index is 12.8. The Morgan fingerprint density at radius 3 is 2.25 bits per heavy atom. The van der Waals surface area contributed by atoms with Crippen LogP contribution in [0.25, 0.3) is 0 Å². The third kappa shape index (κ3) is 3.35. The number of hydrogen-bond acceptors (Lipinski definition) is 3. The lowest BCUT2D eigenvalue weighted by molar-refractivity contribution is -0.134. The number of hydrogen-bond donors (Lipinski definition) is 0. The minimum Gasteiger partial charge on any atom is -0.459 e. The molecule has 0 bridgehead atoms. The molecule has 0 saturated carbocycles. The lowest BCUT2D eigenvalue weighted by Crippen LogP contribution is -2.51. The number of amides is 2. The van der Waals surface area contributed by atoms with E-state index >= 15 is 0 Å². The molecule has 5 heteroatoms. The molecule has 1 aliphatic heterocycles. The molecule has 2 aromatic rings. The first kappa shape index (κ1) is 16.3. The molecule has 24 heavy (non-hydrogen) atoms. The van der Waals surface area contributed by atoms with Gasteiger partial charge in [0, 0.05) is 26.2 Å². The van der Waals surface area contributed by atoms with E-state index in [0.29, 0.717) is 31.9 Å². The average molecular weight is 326 g/mol. The van der Waals surface area contributed by atoms with Crippen LogP contribution in [0.5, 0.6) is 0 Å². The van der Waals surface area contributed by atoms with Gasteiger partial charge in [-0.15, -0.1) is 0 Å². The van der Waals surface area contributed by atoms with Crippen molar-refractivity contribution in [2.45, 2.75) is 19.3 Å². The van der Waals surface area contributed by atoms with Gasteiger partial charge >= 0.3 is 0 Å². The zero-order valence-electron chi connectivity index (χ0n) is 13.9. The van der Waals surface area contributed by atoms with Gasteiger partial charge in [0.2, 0.25) is 5.91 Å². The van der Waals surface area contributed by atoms with Crippen LogP contribution >= 0.6 is 0 Å². The van der Waals surface area contributed by atoms with E-state index in [2.05, 4.69) is 0 Å². The monoisotopic (exact) mass is 326 g/mol. The van der Waals surface area contributed by atoms with Crippen molar-refractivity contribution in [3.05, 3.63) is 60.1 Å². The van der Waals surface area contributed by atoms with Crippen LogP contribution in [-0.2, 0) is 4.79 Å². The summed E-state index contributed by atoms with van der Waals surface area (Å²) in [7, 11) is 0. The van der Waals surface area contributed by atoms with E-state index in [-0.39, 0.29) is 17.7 Å². The highest BCUT2D eigenvalue weighted by Crippen LogP contribution is 2.23. The predicted octanol–water partition coefficient (Wildman–Crippen LogP) is 2.76. The molecule has 0 spiro atoms. The fourth-order valence-corrected chi connectivity index (χ4v) is 3.14. The van der Waals surface area contributed by atoms with Crippen molar-refractivity contribution in [1.29, 1.82) is 0 Å². The number of furan rings is 1. The van der Waals surface area contributed by atoms with Gasteiger partial charge in [-0.2, -0.15) is 0 Å². The van der Waals surface area contributed by atoms with Crippen LogP contribution in [0.1, 0.15) is 35.4 Å². The zero-order chi connectivity index (χ0) is 16.9. The van der Waals surface area contributed by atoms with Crippen LogP contribution in [0.2, 0.25) is 0 Å². The number of rotatable bonds is 4. The van der Waals surface area contributed by atoms with Crippen molar-refractivity contribution in [2.24, 2.45) is 0 Å². The van der Waals surface area contributed by atoms with Crippen molar-refractivity contribution in [2.75, 3.05) is 26.2 Å². The lowest BCUT2D eigenvalue weighted by atomic mass is 9.95. The lowest BCUT2D eigenvalue weighted by Gasteiger charge is -2.36. The van der Waals surface area contributed by atoms with Crippen molar-refractivity contribution < 1.29 is 14.0 Å². The van der Waals surface area contributed by atoms with E-state index in [4.69, 9.17) is 4.42 Å². The molecule has 0 aliphatic carbocycles. The maximum Gasteiger partial charge on any atom is 0.289 e. The molecule has 3 rings (SSSR count). The van der Waals surface area contributed by atoms with Crippen molar-refractivity contribution in [3.63, 3.8) is 0 Å². The van der Waals surface area contributed by atoms with E-state index in [1.807, 2.05) is 42.2 Å². The molecule has 5 nitrogen and oxygen atoms in total. The van der Waals surface area contributed by atoms with Gasteiger partial charge in [-0.05, 0) is 24.1 Å². The van der Waals surface area contributed by atoms with Gasteiger partial charge in [0.05, 0.1) is 12.2 Å². The molecule has 2 amide bonds. The first-order chi connectivity index (χ1) is 11.7. The van der Waals surface area contributed by atoms with Crippen LogP contribution in [0, 0.1) is 0 Å². The topological polar surface area (TPSA) is 53.8 Å². The second-order valence-corrected chi connectivity index (χ2v) is 5.97. The van der Waals surface area contributed by atoms with Gasteiger partial charge in [0.1, 0.15) is 0 Å². The van der Waals surface area contributed by atoms with E-state index in [1.54, 1.807) is 17.0 Å². The first-order valence-electron chi connectivity index (χ1n) is 8.37. The Bertz CT molecular complexity index is 674. The summed E-state index contributed by atoms with van der Waals surface area (Å²) >= 11 is 0. The number of piperazine rings is 1. The first-order valence-corrected chi connectivity index (χ1v) is 8.37. The van der Waals surface area contributed by atoms with E-state index in [9.17, 15) is 9.59 Å². The Hall–Kier alpha value is -2.56. The van der Waals surface area contributed by atoms with Gasteiger partial charge in [-0.1, -0.05) is 37.3 Å². The summed E-state index contributed by atoms with van der Waals surface area (Å²) < 4.78 is 5.16. The Labute approximate surface area is 141 Å². The Kier molecular flexibility index (Phi) is 4.99. The minimum absolute atomic E-state index is 0.109. The highest BCUT2D eigenvalue weighted by Gasteiger charge is 2.29. The number of benzene rings is 1. The molecular formula is C19H22N2O3. The molecule has 0 N–H and O–H groups in total. The molecule has 0 unspecified atom stereocenters. The summed E-state index contributed by atoms with van der Waals surface area (Å²) in [5.74, 6) is 0.278. The van der Waals surface area contributed by atoms with E-state index < -0.39 is 0 Å². The summed E-state index contributed by atoms with van der Waals surface area (Å²) in [5, 5.41) is 0. The van der Waals surface area contributed by atoms with Crippen LogP contribution in [0.3, 0.4) is 0 Å². The Morgan fingerprint density at radius 2 is 1.67 bits per heavy atom. The quantitative estimate of drug-likeness (QED) is 0.868. The van der Waals surface area contributed by atoms with Gasteiger partial charge in [-0.3, -0.25) is 9.59 Å². The molecular weight excluding hydrogens is 304 g/mol. The van der Waals surface area contributed by atoms with Crippen molar-refractivity contribution in [1.82, 2.24) is 9.80 Å². The fraction of sp³-hybridized carbons (Fsp3) is 0.368. The second kappa shape index (κ2) is 7.34. The molecule has 1 aromatic carbocycles. The van der Waals surface area contributed by atoms with Crippen LogP contribution < -0.4 is 0 Å². The summed E-state index contributed by atoms with van der Waals surface area (Å²) in [6, 6.07) is 13.3. The minimum atomic E-state index is -0.112. The average Bonchev–Trinajstić information content (AvgIpc) is 3.17. The summed E-state index contributed by atoms with van der Waals surface area (Å²) in [5.41, 5.74) is 1.05. The number of nitrogens with zero attached hydrogens (tertiary/aromatic N) is 2. The standard InChI is InChI=1S/C19H22N2O3/c1-2-16(15-7-4-3-5-8-15)18(22)20-10-12-21(13-11-20)19(23)17-9-6-14-24-17/h3-9,14,16H,2,10-13H2,1H3/t16-/m0/s1. The largest absolute Gasteiger partial charge is 0.459 e. The molecule has 126 valence electrons. The van der Waals surface area contributed by atoms with E-state index in [0.717, 1.165) is 12.0 Å². The molecule has 1 atom stereocenters. The zero-order valence-corrected chi connectivity index (χ0v) is 13.9. The summed E-state index contributed by atoms with van der Waals surface area (Å²) in [4.78, 5) is 28.7. The highest BCUT2D eigenvalue weighted by atomic mass is 16.3. The van der Waals surface area contributed by atoms with Crippen LogP contribution in [0.15, 0.2) is 53.1 Å². The highest BCUT2D eigenvalue weighted by molar-refractivity contribution is 5.91. The molecule has 2 heterocycles. The third-order valence-corrected chi connectivity index (χ3v) is 4.52. The van der Waals surface area contributed by atoms with Gasteiger partial charge < -0.3 is 14.2 Å². The number of carbonyl (C=O) groups is 2. The molecule has 1 aliphatic rings. The molecule has 1 aromatic heterocycles. The smallest absolute Gasteiger partial charge is 0.289 e. The Balaban J connectivity index is 1.61. The molecule has 1 fully saturated rings. The molecule has 0 radical (unpaired) electrons. The summed E-state index contributed by atoms with van der Waals surface area (Å²) in [6.07, 6.45) is 2.27. The fourth-order valence-electron chi connectivity index (χ4n) is 3.14. The van der Waals surface area contributed by atoms with Crippen molar-refractivity contribution in [3.8, 4) is 0 Å². The molecule has 1 saturated heterocycles. The normalized spacial score (nSPS) is 16.0. The van der Waals surface area contributed by atoms with Crippen molar-refractivity contribution >= 4 is 11.8 Å². The number of carbonyl (C=O) groups excluding carboxylic acids is 2. The van der Waals surface area contributed by atoms with Gasteiger partial charge in [-0.25, -0.2) is 0 Å². The van der Waals surface area contributed by atoms with Gasteiger partial charge in [0.25, 0.3) is 5.91 Å². The SMILES string of the molecule is CC[C@H](C(=O)N1CCN(C(=O)c2ccco2)CC1)c1ccccc1. The van der Waals surface area contributed by atoms with Crippen LogP contribution in [-0.4, -0.2) is 47.8 Å². The predicted molar refractivity (Wildman–Crippen MR) is 90.7 cm³/mol. The Morgan fingerprint density at radius 1 is 1.00 bits per heavy atom. The van der Waals surface area contributed by atoms with Gasteiger partial charge in [0.15, 0.2) is 5.76 Å². The van der Waals surface area contributed by atoms with E-state index in [1.165, 1.54) is 6.26 Å². The summed E-state index contributed by atoms with van der Waals surface area (Å²) in [6.45, 7) is 4.24. The second-order valence-electron chi connectivity index (χ2n) is 5.97. The third-order valence-electron chi connectivity index (χ3n) is 4.52.